The van der Waals surface area contributed by atoms with Crippen LogP contribution in [0.1, 0.15) is 40.5 Å². The van der Waals surface area contributed by atoms with E-state index in [1.807, 2.05) is 0 Å². The molecule has 0 radical (unpaired) electrons. The van der Waals surface area contributed by atoms with Crippen LogP contribution >= 0.6 is 0 Å². The highest BCUT2D eigenvalue weighted by Gasteiger charge is 2.97. The summed E-state index contributed by atoms with van der Waals surface area (Å²) < 4.78 is 23.3. The molecule has 4 saturated heterocycles. The van der Waals surface area contributed by atoms with Gasteiger partial charge in [-0.2, -0.15) is 0 Å². The molecule has 7 unspecified atom stereocenters. The van der Waals surface area contributed by atoms with Crippen molar-refractivity contribution in [3.63, 3.8) is 0 Å². The maximum absolute atomic E-state index is 13.3. The Morgan fingerprint density at radius 3 is 2.46 bits per heavy atom. The Hall–Kier alpha value is -1.67. The molecule has 2 aliphatic carbocycles. The van der Waals surface area contributed by atoms with E-state index >= 15 is 0 Å². The Labute approximate surface area is 161 Å². The van der Waals surface area contributed by atoms with Gasteiger partial charge in [0, 0.05) is 5.92 Å². The standard InChI is InChI=1S/C20H24O8/c1-7-11-8(25-13(7)22)6-18-10-5-9(17(2,3)4)19(18)12(21)14(23)27-16(19)28-20(11,18)15(24)26-10/h7-12,16,21H,5-6H2,1-4H3/t7-,8?,9?,10?,11+,12+,16?,18?,19?,20?/m1/s1. The number of esters is 3. The van der Waals surface area contributed by atoms with Crippen LogP contribution < -0.4 is 0 Å². The van der Waals surface area contributed by atoms with Gasteiger partial charge < -0.3 is 24.1 Å². The van der Waals surface area contributed by atoms with Gasteiger partial charge in [0.25, 0.3) is 0 Å². The first-order valence-corrected chi connectivity index (χ1v) is 10.0. The molecule has 2 saturated carbocycles. The van der Waals surface area contributed by atoms with Crippen LogP contribution in [0.4, 0.5) is 0 Å². The number of aliphatic hydroxyl groups is 1. The fraction of sp³-hybridized carbons (Fsp3) is 0.850. The van der Waals surface area contributed by atoms with E-state index in [-0.39, 0.29) is 17.3 Å². The summed E-state index contributed by atoms with van der Waals surface area (Å²) in [5, 5.41) is 11.2. The van der Waals surface area contributed by atoms with E-state index in [9.17, 15) is 19.5 Å². The lowest BCUT2D eigenvalue weighted by molar-refractivity contribution is -0.206. The first-order chi connectivity index (χ1) is 13.0. The molecule has 0 amide bonds. The van der Waals surface area contributed by atoms with Crippen LogP contribution in [0.15, 0.2) is 0 Å². The summed E-state index contributed by atoms with van der Waals surface area (Å²) in [7, 11) is 0. The van der Waals surface area contributed by atoms with Crippen LogP contribution in [0.3, 0.4) is 0 Å². The van der Waals surface area contributed by atoms with Gasteiger partial charge in [-0.3, -0.25) is 4.79 Å². The van der Waals surface area contributed by atoms with Gasteiger partial charge in [-0.05, 0) is 24.2 Å². The maximum atomic E-state index is 13.3. The summed E-state index contributed by atoms with van der Waals surface area (Å²) in [5.74, 6) is -2.80. The molecule has 152 valence electrons. The van der Waals surface area contributed by atoms with Gasteiger partial charge in [-0.25, -0.2) is 9.59 Å². The predicted molar refractivity (Wildman–Crippen MR) is 89.2 cm³/mol. The molecule has 28 heavy (non-hydrogen) atoms. The number of hydrogen-bond acceptors (Lipinski definition) is 8. The van der Waals surface area contributed by atoms with Crippen molar-refractivity contribution in [2.45, 2.75) is 70.7 Å². The summed E-state index contributed by atoms with van der Waals surface area (Å²) in [6.07, 6.45) is -2.58. The Bertz CT molecular complexity index is 846. The highest BCUT2D eigenvalue weighted by Crippen LogP contribution is 2.83. The normalized spacial score (nSPS) is 58.2. The number of ether oxygens (including phenoxy) is 4. The monoisotopic (exact) mass is 392 g/mol. The number of carbonyl (C=O) groups excluding carboxylic acids is 3. The topological polar surface area (TPSA) is 108 Å². The van der Waals surface area contributed by atoms with E-state index in [0.29, 0.717) is 12.8 Å². The second kappa shape index (κ2) is 4.41. The molecule has 0 bridgehead atoms. The molecule has 8 nitrogen and oxygen atoms in total. The van der Waals surface area contributed by atoms with Crippen molar-refractivity contribution < 1.29 is 38.4 Å². The van der Waals surface area contributed by atoms with E-state index in [0.717, 1.165) is 0 Å². The lowest BCUT2D eigenvalue weighted by Crippen LogP contribution is -2.59. The predicted octanol–water partition coefficient (Wildman–Crippen LogP) is 0.545. The van der Waals surface area contributed by atoms with Crippen molar-refractivity contribution in [3.05, 3.63) is 0 Å². The van der Waals surface area contributed by atoms with Crippen molar-refractivity contribution in [1.29, 1.82) is 0 Å². The summed E-state index contributed by atoms with van der Waals surface area (Å²) >= 11 is 0. The van der Waals surface area contributed by atoms with Crippen molar-refractivity contribution >= 4 is 17.9 Å². The summed E-state index contributed by atoms with van der Waals surface area (Å²) in [6, 6.07) is 0. The molecule has 0 aromatic carbocycles. The maximum Gasteiger partial charge on any atom is 0.340 e. The quantitative estimate of drug-likeness (QED) is 0.470. The lowest BCUT2D eigenvalue weighted by atomic mass is 9.52. The van der Waals surface area contributed by atoms with E-state index < -0.39 is 64.8 Å². The van der Waals surface area contributed by atoms with Gasteiger partial charge in [-0.15, -0.1) is 0 Å². The third-order valence-corrected chi connectivity index (χ3v) is 8.76. The smallest absolute Gasteiger partial charge is 0.340 e. The Morgan fingerprint density at radius 1 is 1.07 bits per heavy atom. The van der Waals surface area contributed by atoms with E-state index in [4.69, 9.17) is 18.9 Å². The van der Waals surface area contributed by atoms with Gasteiger partial charge >= 0.3 is 17.9 Å². The second-order valence-electron chi connectivity index (χ2n) is 10.5. The minimum Gasteiger partial charge on any atom is -0.462 e. The molecule has 4 aliphatic heterocycles. The summed E-state index contributed by atoms with van der Waals surface area (Å²) in [5.41, 5.74) is -3.77. The third kappa shape index (κ3) is 1.32. The zero-order valence-electron chi connectivity index (χ0n) is 16.3. The molecule has 1 N–H and O–H groups in total. The molecule has 2 spiro atoms. The Balaban J connectivity index is 1.65. The van der Waals surface area contributed by atoms with Crippen molar-refractivity contribution in [2.24, 2.45) is 34.0 Å². The SMILES string of the molecule is C[C@H]1C(=O)OC2CC34C5CC(C(C)(C)C)C36C(OC(=O)[C@@H]6O)OC4(C(=O)O5)[C@H]21. The van der Waals surface area contributed by atoms with Crippen LogP contribution in [0.5, 0.6) is 0 Å². The van der Waals surface area contributed by atoms with Crippen LogP contribution in [0.25, 0.3) is 0 Å². The second-order valence-corrected chi connectivity index (χ2v) is 10.5. The van der Waals surface area contributed by atoms with E-state index in [1.54, 1.807) is 6.92 Å². The minimum atomic E-state index is -1.43. The molecule has 4 heterocycles. The Kier molecular flexibility index (Phi) is 2.71. The van der Waals surface area contributed by atoms with Crippen LogP contribution in [0, 0.1) is 34.0 Å². The van der Waals surface area contributed by atoms with Crippen LogP contribution in [0.2, 0.25) is 0 Å². The van der Waals surface area contributed by atoms with Gasteiger partial charge in [0.1, 0.15) is 12.2 Å². The zero-order chi connectivity index (χ0) is 20.0. The van der Waals surface area contributed by atoms with Gasteiger partial charge in [0.15, 0.2) is 11.7 Å². The Morgan fingerprint density at radius 2 is 1.79 bits per heavy atom. The molecule has 0 aromatic heterocycles. The molecular formula is C20H24O8. The summed E-state index contributed by atoms with van der Waals surface area (Å²) in [6.45, 7) is 7.90. The van der Waals surface area contributed by atoms with Crippen molar-refractivity contribution in [3.8, 4) is 0 Å². The number of carbonyl (C=O) groups is 3. The molecular weight excluding hydrogens is 368 g/mol. The number of hydrogen-bond donors (Lipinski definition) is 1. The lowest BCUT2D eigenvalue weighted by Gasteiger charge is -2.46. The molecule has 6 aliphatic rings. The highest BCUT2D eigenvalue weighted by molar-refractivity contribution is 5.91. The highest BCUT2D eigenvalue weighted by atomic mass is 16.7. The van der Waals surface area contributed by atoms with Crippen molar-refractivity contribution in [2.75, 3.05) is 0 Å². The fourth-order valence-corrected chi connectivity index (χ4v) is 8.09. The average Bonchev–Trinajstić information content (AvgIpc) is 3.30. The number of fused-ring (bicyclic) bond motifs is 1. The van der Waals surface area contributed by atoms with Crippen molar-refractivity contribution in [1.82, 2.24) is 0 Å². The van der Waals surface area contributed by atoms with Crippen LogP contribution in [-0.4, -0.2) is 53.2 Å². The van der Waals surface area contributed by atoms with Gasteiger partial charge in [-0.1, -0.05) is 27.7 Å². The molecule has 8 heteroatoms. The van der Waals surface area contributed by atoms with Gasteiger partial charge in [0.05, 0.1) is 16.7 Å². The zero-order valence-corrected chi connectivity index (χ0v) is 16.3. The number of rotatable bonds is 0. The average molecular weight is 392 g/mol. The van der Waals surface area contributed by atoms with Crippen LogP contribution in [-0.2, 0) is 33.3 Å². The molecule has 6 rings (SSSR count). The number of aliphatic hydroxyl groups excluding tert-OH is 1. The minimum absolute atomic E-state index is 0.170. The van der Waals surface area contributed by atoms with Gasteiger partial charge in [0.2, 0.25) is 6.29 Å². The third-order valence-electron chi connectivity index (χ3n) is 8.76. The molecule has 6 fully saturated rings. The summed E-state index contributed by atoms with van der Waals surface area (Å²) in [4.78, 5) is 38.0. The van der Waals surface area contributed by atoms with E-state index in [2.05, 4.69) is 20.8 Å². The van der Waals surface area contributed by atoms with E-state index in [1.165, 1.54) is 0 Å². The molecule has 0 aromatic rings. The fourth-order valence-electron chi connectivity index (χ4n) is 8.09. The largest absolute Gasteiger partial charge is 0.462 e. The molecule has 10 atom stereocenters. The first-order valence-electron chi connectivity index (χ1n) is 10.0. The first kappa shape index (κ1) is 17.2.